The van der Waals surface area contributed by atoms with Gasteiger partial charge in [0, 0.05) is 25.0 Å². The van der Waals surface area contributed by atoms with Crippen LogP contribution in [0.25, 0.3) is 0 Å². The van der Waals surface area contributed by atoms with E-state index in [1.165, 1.54) is 10.4 Å². The summed E-state index contributed by atoms with van der Waals surface area (Å²) >= 11 is 1.68. The van der Waals surface area contributed by atoms with Gasteiger partial charge in [0.25, 0.3) is 0 Å². The van der Waals surface area contributed by atoms with Gasteiger partial charge < -0.3 is 10.6 Å². The zero-order valence-corrected chi connectivity index (χ0v) is 12.5. The minimum Gasteiger partial charge on any atom is -0.390 e. The molecule has 2 N–H and O–H groups in total. The first kappa shape index (κ1) is 12.9. The number of nitrogens with two attached hydrogens (primary N) is 1. The number of likely N-dealkylation sites (N-methyl/N-ethyl adjacent to an activating group) is 1. The molecule has 3 rings (SSSR count). The molecule has 1 aromatic heterocycles. The Hall–Kier alpha value is -1.11. The first-order valence-corrected chi connectivity index (χ1v) is 7.53. The summed E-state index contributed by atoms with van der Waals surface area (Å²) in [4.78, 5) is 14.1. The summed E-state index contributed by atoms with van der Waals surface area (Å²) in [6.45, 7) is 7.39. The molecule has 5 nitrogen and oxygen atoms in total. The van der Waals surface area contributed by atoms with Gasteiger partial charge in [-0.25, -0.2) is 4.99 Å². The Morgan fingerprint density at radius 2 is 2.32 bits per heavy atom. The number of fused-ring (bicyclic) bond motifs is 1. The van der Waals surface area contributed by atoms with Crippen molar-refractivity contribution in [1.29, 1.82) is 0 Å². The third-order valence-corrected chi connectivity index (χ3v) is 4.93. The molecule has 2 aliphatic heterocycles. The number of anilines is 1. The number of hydrogen-bond donors (Lipinski definition) is 1. The second kappa shape index (κ2) is 4.77. The predicted octanol–water partition coefficient (Wildman–Crippen LogP) is 1.68. The Balaban J connectivity index is 1.96. The van der Waals surface area contributed by atoms with E-state index in [-0.39, 0.29) is 6.17 Å². The van der Waals surface area contributed by atoms with Crippen molar-refractivity contribution in [2.45, 2.75) is 33.0 Å². The smallest absolute Gasteiger partial charge is 0.245 e. The molecule has 0 saturated heterocycles. The second-order valence-corrected chi connectivity index (χ2v) is 6.20. The molecule has 1 atom stereocenters. The lowest BCUT2D eigenvalue weighted by atomic mass is 10.0. The predicted molar refractivity (Wildman–Crippen MR) is 78.2 cm³/mol. The summed E-state index contributed by atoms with van der Waals surface area (Å²) in [6, 6.07) is 0. The van der Waals surface area contributed by atoms with E-state index in [2.05, 4.69) is 16.8 Å². The van der Waals surface area contributed by atoms with Gasteiger partial charge >= 0.3 is 0 Å². The first-order valence-electron chi connectivity index (χ1n) is 6.71. The van der Waals surface area contributed by atoms with E-state index in [0.717, 1.165) is 36.6 Å². The number of nitrogen functional groups attached to an aromatic ring is 1. The largest absolute Gasteiger partial charge is 0.390 e. The topological polar surface area (TPSA) is 54.1 Å². The van der Waals surface area contributed by atoms with Crippen LogP contribution in [0.3, 0.4) is 0 Å². The standard InChI is InChI=1S/C13H20N4OS/c1-4-17-6-5-9-10(7-17)19-12(14)11(9)13-15-8(2)16(3)18-13/h8H,4-7,14H2,1-3H3. The number of hydrogen-bond acceptors (Lipinski definition) is 6. The van der Waals surface area contributed by atoms with Crippen LogP contribution in [0.4, 0.5) is 5.00 Å². The fourth-order valence-corrected chi connectivity index (χ4v) is 3.73. The fraction of sp³-hybridized carbons (Fsp3) is 0.615. The molecule has 6 heteroatoms. The van der Waals surface area contributed by atoms with Crippen molar-refractivity contribution in [2.24, 2.45) is 4.99 Å². The van der Waals surface area contributed by atoms with E-state index in [1.54, 1.807) is 16.4 Å². The van der Waals surface area contributed by atoms with Gasteiger partial charge in [-0.05, 0) is 25.5 Å². The number of rotatable bonds is 2. The van der Waals surface area contributed by atoms with Gasteiger partial charge in [0.05, 0.1) is 10.6 Å². The maximum absolute atomic E-state index is 6.20. The highest BCUT2D eigenvalue weighted by Gasteiger charge is 2.30. The molecule has 0 spiro atoms. The van der Waals surface area contributed by atoms with Crippen LogP contribution >= 0.6 is 11.3 Å². The number of nitrogens with zero attached hydrogens (tertiary/aromatic N) is 3. The molecule has 1 aromatic rings. The third kappa shape index (κ3) is 2.13. The van der Waals surface area contributed by atoms with Gasteiger partial charge in [0.1, 0.15) is 6.17 Å². The van der Waals surface area contributed by atoms with Crippen molar-refractivity contribution in [3.05, 3.63) is 16.0 Å². The molecule has 0 aromatic carbocycles. The Morgan fingerprint density at radius 1 is 1.53 bits per heavy atom. The Labute approximate surface area is 117 Å². The highest BCUT2D eigenvalue weighted by molar-refractivity contribution is 7.16. The van der Waals surface area contributed by atoms with Crippen LogP contribution in [-0.4, -0.2) is 42.2 Å². The van der Waals surface area contributed by atoms with Gasteiger partial charge in [-0.3, -0.25) is 4.90 Å². The van der Waals surface area contributed by atoms with Crippen LogP contribution in [0.2, 0.25) is 0 Å². The van der Waals surface area contributed by atoms with Gasteiger partial charge in [-0.1, -0.05) is 6.92 Å². The van der Waals surface area contributed by atoms with Crippen LogP contribution < -0.4 is 5.73 Å². The van der Waals surface area contributed by atoms with Crippen LogP contribution in [-0.2, 0) is 17.8 Å². The van der Waals surface area contributed by atoms with E-state index < -0.39 is 0 Å². The highest BCUT2D eigenvalue weighted by atomic mass is 32.1. The lowest BCUT2D eigenvalue weighted by Gasteiger charge is -2.25. The fourth-order valence-electron chi connectivity index (χ4n) is 2.58. The van der Waals surface area contributed by atoms with Crippen molar-refractivity contribution < 1.29 is 4.84 Å². The van der Waals surface area contributed by atoms with Gasteiger partial charge in [-0.2, -0.15) is 0 Å². The number of hydroxylamine groups is 2. The average Bonchev–Trinajstić information content (AvgIpc) is 2.88. The molecule has 0 bridgehead atoms. The summed E-state index contributed by atoms with van der Waals surface area (Å²) in [5.41, 5.74) is 8.57. The Kier molecular flexibility index (Phi) is 3.24. The minimum absolute atomic E-state index is 0.0562. The molecule has 0 radical (unpaired) electrons. The van der Waals surface area contributed by atoms with Crippen LogP contribution in [0, 0.1) is 0 Å². The summed E-state index contributed by atoms with van der Waals surface area (Å²) in [7, 11) is 1.90. The molecular weight excluding hydrogens is 260 g/mol. The van der Waals surface area contributed by atoms with Crippen molar-refractivity contribution in [3.8, 4) is 0 Å². The van der Waals surface area contributed by atoms with Crippen LogP contribution in [0.5, 0.6) is 0 Å². The second-order valence-electron chi connectivity index (χ2n) is 5.07. The molecule has 0 amide bonds. The number of thiophene rings is 1. The highest BCUT2D eigenvalue weighted by Crippen LogP contribution is 2.36. The summed E-state index contributed by atoms with van der Waals surface area (Å²) < 4.78 is 0. The van der Waals surface area contributed by atoms with Gasteiger partial charge in [-0.15, -0.1) is 16.4 Å². The van der Waals surface area contributed by atoms with E-state index in [9.17, 15) is 0 Å². The zero-order valence-electron chi connectivity index (χ0n) is 11.6. The Bertz CT molecular complexity index is 525. The third-order valence-electron chi connectivity index (χ3n) is 3.89. The lowest BCUT2D eigenvalue weighted by Crippen LogP contribution is -2.30. The van der Waals surface area contributed by atoms with Crippen molar-refractivity contribution >= 4 is 22.2 Å². The molecule has 1 unspecified atom stereocenters. The maximum Gasteiger partial charge on any atom is 0.245 e. The summed E-state index contributed by atoms with van der Waals surface area (Å²) in [5.74, 6) is 0.690. The molecule has 0 fully saturated rings. The number of aliphatic imine (C=N–C) groups is 1. The molecule has 3 heterocycles. The van der Waals surface area contributed by atoms with Gasteiger partial charge in [0.2, 0.25) is 5.90 Å². The maximum atomic E-state index is 6.20. The van der Waals surface area contributed by atoms with Crippen LogP contribution in [0.15, 0.2) is 4.99 Å². The molecular formula is C13H20N4OS. The van der Waals surface area contributed by atoms with Crippen LogP contribution in [0.1, 0.15) is 29.9 Å². The van der Waals surface area contributed by atoms with Crippen molar-refractivity contribution in [2.75, 3.05) is 25.9 Å². The van der Waals surface area contributed by atoms with Gasteiger partial charge in [0.15, 0.2) is 0 Å². The SMILES string of the molecule is CCN1CCc2c(sc(N)c2C2=NC(C)N(C)O2)C1. The summed E-state index contributed by atoms with van der Waals surface area (Å²) in [6.07, 6.45) is 1.09. The molecule has 0 saturated carbocycles. The monoisotopic (exact) mass is 280 g/mol. The molecule has 0 aliphatic carbocycles. The van der Waals surface area contributed by atoms with Crippen molar-refractivity contribution in [1.82, 2.24) is 9.96 Å². The lowest BCUT2D eigenvalue weighted by molar-refractivity contribution is -0.0503. The normalized spacial score (nSPS) is 24.2. The first-order chi connectivity index (χ1) is 9.10. The minimum atomic E-state index is 0.0562. The Morgan fingerprint density at radius 3 is 2.95 bits per heavy atom. The van der Waals surface area contributed by atoms with E-state index in [0.29, 0.717) is 5.90 Å². The van der Waals surface area contributed by atoms with Crippen molar-refractivity contribution in [3.63, 3.8) is 0 Å². The average molecular weight is 280 g/mol. The van der Waals surface area contributed by atoms with E-state index in [1.807, 2.05) is 14.0 Å². The quantitative estimate of drug-likeness (QED) is 0.895. The molecule has 104 valence electrons. The van der Waals surface area contributed by atoms with E-state index >= 15 is 0 Å². The molecule has 2 aliphatic rings. The summed E-state index contributed by atoms with van der Waals surface area (Å²) in [5, 5.41) is 2.60. The van der Waals surface area contributed by atoms with E-state index in [4.69, 9.17) is 10.6 Å². The molecule has 19 heavy (non-hydrogen) atoms. The zero-order chi connectivity index (χ0) is 13.6.